The van der Waals surface area contributed by atoms with Crippen LogP contribution < -0.4 is 5.32 Å². The molecule has 3 fully saturated rings. The Morgan fingerprint density at radius 2 is 2.05 bits per heavy atom. The number of carbonyl (C=O) groups excluding carboxylic acids is 1. The minimum Gasteiger partial charge on any atom is -0.481 e. The average Bonchev–Trinajstić information content (AvgIpc) is 3.00. The molecule has 2 amide bonds. The van der Waals surface area contributed by atoms with E-state index in [4.69, 9.17) is 9.84 Å². The Labute approximate surface area is 118 Å². The van der Waals surface area contributed by atoms with Gasteiger partial charge in [-0.25, -0.2) is 4.79 Å². The molecule has 6 heteroatoms. The number of carboxylic acid groups (broad SMARTS) is 1. The first kappa shape index (κ1) is 13.7. The molecule has 5 atom stereocenters. The Balaban J connectivity index is 1.57. The molecule has 3 rings (SSSR count). The normalized spacial score (nSPS) is 39.9. The lowest BCUT2D eigenvalue weighted by Crippen LogP contribution is -2.53. The predicted molar refractivity (Wildman–Crippen MR) is 71.3 cm³/mol. The van der Waals surface area contributed by atoms with Crippen molar-refractivity contribution in [2.24, 2.45) is 11.8 Å². The highest BCUT2D eigenvalue weighted by Gasteiger charge is 2.42. The van der Waals surface area contributed by atoms with Gasteiger partial charge in [-0.3, -0.25) is 4.79 Å². The Kier molecular flexibility index (Phi) is 3.58. The fourth-order valence-corrected chi connectivity index (χ4v) is 3.74. The molecule has 0 spiro atoms. The SMILES string of the molecule is CC1CC(C(=O)O)CN(C(=O)N[C@@H]2C[C@H]3CC[C@@H]2O3)C1. The minimum atomic E-state index is -0.808. The van der Waals surface area contributed by atoms with Crippen molar-refractivity contribution in [3.05, 3.63) is 0 Å². The molecule has 20 heavy (non-hydrogen) atoms. The summed E-state index contributed by atoms with van der Waals surface area (Å²) in [5.41, 5.74) is 0. The number of likely N-dealkylation sites (tertiary alicyclic amines) is 1. The zero-order valence-corrected chi connectivity index (χ0v) is 11.7. The lowest BCUT2D eigenvalue weighted by molar-refractivity contribution is -0.143. The van der Waals surface area contributed by atoms with Crippen LogP contribution in [0.3, 0.4) is 0 Å². The zero-order valence-electron chi connectivity index (χ0n) is 11.7. The van der Waals surface area contributed by atoms with Crippen molar-refractivity contribution in [1.82, 2.24) is 10.2 Å². The maximum atomic E-state index is 12.3. The summed E-state index contributed by atoms with van der Waals surface area (Å²) in [6, 6.07) is -0.0364. The van der Waals surface area contributed by atoms with Gasteiger partial charge in [0.1, 0.15) is 0 Å². The van der Waals surface area contributed by atoms with Crippen LogP contribution in [0.25, 0.3) is 0 Å². The van der Waals surface area contributed by atoms with Gasteiger partial charge in [-0.1, -0.05) is 6.92 Å². The summed E-state index contributed by atoms with van der Waals surface area (Å²) in [6.45, 7) is 2.94. The molecular weight excluding hydrogens is 260 g/mol. The summed E-state index contributed by atoms with van der Waals surface area (Å²) in [5.74, 6) is -1.02. The van der Waals surface area contributed by atoms with E-state index in [1.807, 2.05) is 6.92 Å². The lowest BCUT2D eigenvalue weighted by Gasteiger charge is -2.35. The van der Waals surface area contributed by atoms with Gasteiger partial charge in [-0.05, 0) is 31.6 Å². The molecule has 3 aliphatic rings. The third-order valence-electron chi connectivity index (χ3n) is 4.71. The van der Waals surface area contributed by atoms with Crippen molar-refractivity contribution in [1.29, 1.82) is 0 Å². The number of urea groups is 1. The van der Waals surface area contributed by atoms with Gasteiger partial charge < -0.3 is 20.1 Å². The second-order valence-electron chi connectivity index (χ2n) is 6.45. The molecule has 0 radical (unpaired) electrons. The maximum absolute atomic E-state index is 12.3. The van der Waals surface area contributed by atoms with Crippen molar-refractivity contribution >= 4 is 12.0 Å². The number of nitrogens with one attached hydrogen (secondary N) is 1. The summed E-state index contributed by atoms with van der Waals surface area (Å²) in [6.07, 6.45) is 4.11. The van der Waals surface area contributed by atoms with Crippen LogP contribution in [-0.2, 0) is 9.53 Å². The molecule has 3 aliphatic heterocycles. The number of hydrogen-bond donors (Lipinski definition) is 2. The van der Waals surface area contributed by atoms with E-state index in [1.54, 1.807) is 4.90 Å². The molecule has 112 valence electrons. The third-order valence-corrected chi connectivity index (χ3v) is 4.71. The number of piperidine rings is 1. The second kappa shape index (κ2) is 5.24. The highest BCUT2D eigenvalue weighted by atomic mass is 16.5. The summed E-state index contributed by atoms with van der Waals surface area (Å²) < 4.78 is 5.73. The first-order valence-corrected chi connectivity index (χ1v) is 7.46. The van der Waals surface area contributed by atoms with Crippen LogP contribution in [0.2, 0.25) is 0 Å². The van der Waals surface area contributed by atoms with E-state index in [9.17, 15) is 9.59 Å². The van der Waals surface area contributed by atoms with Gasteiger partial charge in [0.25, 0.3) is 0 Å². The van der Waals surface area contributed by atoms with E-state index in [-0.39, 0.29) is 24.1 Å². The van der Waals surface area contributed by atoms with Gasteiger partial charge in [-0.15, -0.1) is 0 Å². The van der Waals surface area contributed by atoms with Crippen LogP contribution in [0.5, 0.6) is 0 Å². The molecule has 3 heterocycles. The molecular formula is C14H22N2O4. The number of ether oxygens (including phenoxy) is 1. The van der Waals surface area contributed by atoms with Crippen LogP contribution in [0.15, 0.2) is 0 Å². The van der Waals surface area contributed by atoms with E-state index < -0.39 is 11.9 Å². The molecule has 2 unspecified atom stereocenters. The maximum Gasteiger partial charge on any atom is 0.317 e. The Morgan fingerprint density at radius 3 is 2.65 bits per heavy atom. The average molecular weight is 282 g/mol. The van der Waals surface area contributed by atoms with E-state index in [0.717, 1.165) is 19.3 Å². The van der Waals surface area contributed by atoms with Crippen LogP contribution in [-0.4, -0.2) is 53.3 Å². The number of aliphatic carboxylic acids is 1. The van der Waals surface area contributed by atoms with Crippen molar-refractivity contribution in [3.63, 3.8) is 0 Å². The van der Waals surface area contributed by atoms with Gasteiger partial charge >= 0.3 is 12.0 Å². The van der Waals surface area contributed by atoms with Crippen molar-refractivity contribution < 1.29 is 19.4 Å². The number of rotatable bonds is 2. The highest BCUT2D eigenvalue weighted by Crippen LogP contribution is 2.34. The van der Waals surface area contributed by atoms with Crippen LogP contribution >= 0.6 is 0 Å². The molecule has 2 N–H and O–H groups in total. The summed E-state index contributed by atoms with van der Waals surface area (Å²) in [4.78, 5) is 25.1. The Morgan fingerprint density at radius 1 is 1.25 bits per heavy atom. The van der Waals surface area contributed by atoms with Gasteiger partial charge in [0.2, 0.25) is 0 Å². The molecule has 3 saturated heterocycles. The fourth-order valence-electron chi connectivity index (χ4n) is 3.74. The number of carbonyl (C=O) groups is 2. The van der Waals surface area contributed by atoms with Gasteiger partial charge in [0.05, 0.1) is 24.2 Å². The Hall–Kier alpha value is -1.30. The van der Waals surface area contributed by atoms with Crippen LogP contribution in [0, 0.1) is 11.8 Å². The number of nitrogens with zero attached hydrogens (tertiary/aromatic N) is 1. The van der Waals surface area contributed by atoms with E-state index in [2.05, 4.69) is 5.32 Å². The van der Waals surface area contributed by atoms with Crippen LogP contribution in [0.1, 0.15) is 32.6 Å². The largest absolute Gasteiger partial charge is 0.481 e. The molecule has 2 bridgehead atoms. The highest BCUT2D eigenvalue weighted by molar-refractivity contribution is 5.77. The van der Waals surface area contributed by atoms with Gasteiger partial charge in [-0.2, -0.15) is 0 Å². The quantitative estimate of drug-likeness (QED) is 0.793. The summed E-state index contributed by atoms with van der Waals surface area (Å²) in [5, 5.41) is 12.2. The number of fused-ring (bicyclic) bond motifs is 2. The van der Waals surface area contributed by atoms with E-state index in [0.29, 0.717) is 25.6 Å². The van der Waals surface area contributed by atoms with Gasteiger partial charge in [0, 0.05) is 13.1 Å². The van der Waals surface area contributed by atoms with Crippen molar-refractivity contribution in [2.45, 2.75) is 50.9 Å². The molecule has 0 aromatic rings. The first-order chi connectivity index (χ1) is 9.52. The number of amides is 2. The molecule has 6 nitrogen and oxygen atoms in total. The second-order valence-corrected chi connectivity index (χ2v) is 6.45. The first-order valence-electron chi connectivity index (χ1n) is 7.46. The lowest BCUT2D eigenvalue weighted by atomic mass is 9.90. The van der Waals surface area contributed by atoms with Gasteiger partial charge in [0.15, 0.2) is 0 Å². The number of carboxylic acids is 1. The van der Waals surface area contributed by atoms with E-state index >= 15 is 0 Å². The minimum absolute atomic E-state index is 0.0989. The fraction of sp³-hybridized carbons (Fsp3) is 0.857. The third kappa shape index (κ3) is 2.61. The van der Waals surface area contributed by atoms with Crippen molar-refractivity contribution in [2.75, 3.05) is 13.1 Å². The van der Waals surface area contributed by atoms with Crippen molar-refractivity contribution in [3.8, 4) is 0 Å². The predicted octanol–water partition coefficient (Wildman–Crippen LogP) is 1.06. The molecule has 0 saturated carbocycles. The standard InChI is InChI=1S/C14H22N2O4/c1-8-4-9(13(17)18)7-16(6-8)14(19)15-11-5-10-2-3-12(11)20-10/h8-12H,2-7H2,1H3,(H,15,19)(H,17,18)/t8?,9?,10-,11-,12+/m1/s1. The molecule has 0 aliphatic carbocycles. The number of hydrogen-bond acceptors (Lipinski definition) is 3. The monoisotopic (exact) mass is 282 g/mol. The summed E-state index contributed by atoms with van der Waals surface area (Å²) >= 11 is 0. The Bertz CT molecular complexity index is 414. The van der Waals surface area contributed by atoms with Crippen LogP contribution in [0.4, 0.5) is 4.79 Å². The zero-order chi connectivity index (χ0) is 14.3. The van der Waals surface area contributed by atoms with E-state index in [1.165, 1.54) is 0 Å². The molecule has 0 aromatic carbocycles. The smallest absolute Gasteiger partial charge is 0.317 e. The summed E-state index contributed by atoms with van der Waals surface area (Å²) in [7, 11) is 0. The molecule has 0 aromatic heterocycles. The topological polar surface area (TPSA) is 78.9 Å².